The summed E-state index contributed by atoms with van der Waals surface area (Å²) in [6.07, 6.45) is 4.51. The molecule has 1 amide bonds. The lowest BCUT2D eigenvalue weighted by Crippen LogP contribution is -2.34. The van der Waals surface area contributed by atoms with Crippen LogP contribution in [0, 0.1) is 0 Å². The quantitative estimate of drug-likeness (QED) is 0.320. The van der Waals surface area contributed by atoms with Crippen LogP contribution in [0.5, 0.6) is 0 Å². The molecule has 20 heavy (non-hydrogen) atoms. The Labute approximate surface area is 123 Å². The van der Waals surface area contributed by atoms with Crippen LogP contribution in [0.3, 0.4) is 0 Å². The number of rotatable bonds is 14. The topological polar surface area (TPSA) is 82.4 Å². The zero-order valence-electron chi connectivity index (χ0n) is 13.2. The summed E-state index contributed by atoms with van der Waals surface area (Å²) in [5.74, 6) is 0.125. The maximum atomic E-state index is 11.3. The predicted molar refractivity (Wildman–Crippen MR) is 84.8 cm³/mol. The largest absolute Gasteiger partial charge is 0.348 e. The summed E-state index contributed by atoms with van der Waals surface area (Å²) in [5, 5.41) is 9.93. The minimum atomic E-state index is 0.125. The standard InChI is InChI=1S/C14H33N5O/c1-19(2)14(20)13-18-12-6-11-17-9-4-3-8-16-10-5-7-15/h16-18H,3-13,15H2,1-2H3. The Morgan fingerprint density at radius 2 is 1.35 bits per heavy atom. The molecule has 0 atom stereocenters. The molecule has 6 heteroatoms. The van der Waals surface area contributed by atoms with Crippen LogP contribution in [0.2, 0.25) is 0 Å². The zero-order valence-corrected chi connectivity index (χ0v) is 13.2. The third kappa shape index (κ3) is 13.7. The molecule has 0 saturated carbocycles. The molecule has 0 aliphatic carbocycles. The van der Waals surface area contributed by atoms with Crippen molar-refractivity contribution in [3.05, 3.63) is 0 Å². The number of nitrogens with one attached hydrogen (secondary N) is 3. The highest BCUT2D eigenvalue weighted by molar-refractivity contribution is 5.77. The van der Waals surface area contributed by atoms with E-state index in [9.17, 15) is 4.79 Å². The molecule has 120 valence electrons. The van der Waals surface area contributed by atoms with E-state index in [4.69, 9.17) is 5.73 Å². The number of carbonyl (C=O) groups excluding carboxylic acids is 1. The van der Waals surface area contributed by atoms with Crippen LogP contribution < -0.4 is 21.7 Å². The lowest BCUT2D eigenvalue weighted by Gasteiger charge is -2.11. The Hall–Kier alpha value is -0.690. The van der Waals surface area contributed by atoms with Gasteiger partial charge in [-0.3, -0.25) is 4.79 Å². The van der Waals surface area contributed by atoms with Gasteiger partial charge in [0.25, 0.3) is 0 Å². The molecular formula is C14H33N5O. The average Bonchev–Trinajstić information content (AvgIpc) is 2.43. The summed E-state index contributed by atoms with van der Waals surface area (Å²) in [4.78, 5) is 12.9. The molecule has 0 aromatic rings. The molecule has 0 radical (unpaired) electrons. The number of nitrogens with zero attached hydrogens (tertiary/aromatic N) is 1. The Morgan fingerprint density at radius 3 is 1.90 bits per heavy atom. The van der Waals surface area contributed by atoms with Gasteiger partial charge in [-0.15, -0.1) is 0 Å². The van der Waals surface area contributed by atoms with E-state index < -0.39 is 0 Å². The summed E-state index contributed by atoms with van der Waals surface area (Å²) in [6, 6.07) is 0. The summed E-state index contributed by atoms with van der Waals surface area (Å²) >= 11 is 0. The van der Waals surface area contributed by atoms with Crippen molar-refractivity contribution in [3.8, 4) is 0 Å². The summed E-state index contributed by atoms with van der Waals surface area (Å²) in [6.45, 7) is 6.26. The van der Waals surface area contributed by atoms with Gasteiger partial charge in [-0.1, -0.05) is 0 Å². The van der Waals surface area contributed by atoms with Gasteiger partial charge in [0.15, 0.2) is 0 Å². The van der Waals surface area contributed by atoms with Gasteiger partial charge in [-0.2, -0.15) is 0 Å². The lowest BCUT2D eigenvalue weighted by atomic mass is 10.3. The Balaban J connectivity index is 3.04. The first kappa shape index (κ1) is 19.3. The second kappa shape index (κ2) is 14.7. The number of unbranched alkanes of at least 4 members (excludes halogenated alkanes) is 1. The molecular weight excluding hydrogens is 254 g/mol. The van der Waals surface area contributed by atoms with Crippen molar-refractivity contribution in [2.75, 3.05) is 59.9 Å². The van der Waals surface area contributed by atoms with E-state index in [1.807, 2.05) is 0 Å². The minimum absolute atomic E-state index is 0.125. The first-order valence-electron chi connectivity index (χ1n) is 7.71. The second-order valence-corrected chi connectivity index (χ2v) is 5.17. The van der Waals surface area contributed by atoms with Crippen molar-refractivity contribution in [1.82, 2.24) is 20.9 Å². The van der Waals surface area contributed by atoms with Gasteiger partial charge in [0.1, 0.15) is 0 Å². The molecule has 0 rings (SSSR count). The van der Waals surface area contributed by atoms with Crippen molar-refractivity contribution in [1.29, 1.82) is 0 Å². The van der Waals surface area contributed by atoms with Crippen molar-refractivity contribution in [2.45, 2.75) is 25.7 Å². The van der Waals surface area contributed by atoms with Gasteiger partial charge >= 0.3 is 0 Å². The highest BCUT2D eigenvalue weighted by atomic mass is 16.2. The number of hydrogen-bond acceptors (Lipinski definition) is 5. The first-order chi connectivity index (χ1) is 9.68. The summed E-state index contributed by atoms with van der Waals surface area (Å²) in [7, 11) is 3.55. The smallest absolute Gasteiger partial charge is 0.236 e. The molecule has 0 aromatic heterocycles. The van der Waals surface area contributed by atoms with Crippen LogP contribution >= 0.6 is 0 Å². The van der Waals surface area contributed by atoms with E-state index in [-0.39, 0.29) is 5.91 Å². The molecule has 0 heterocycles. The number of likely N-dealkylation sites (N-methyl/N-ethyl adjacent to an activating group) is 1. The molecule has 0 saturated heterocycles. The fourth-order valence-electron chi connectivity index (χ4n) is 1.67. The summed E-state index contributed by atoms with van der Waals surface area (Å²) in [5.41, 5.74) is 5.41. The molecule has 0 aromatic carbocycles. The lowest BCUT2D eigenvalue weighted by molar-refractivity contribution is -0.127. The fourth-order valence-corrected chi connectivity index (χ4v) is 1.67. The predicted octanol–water partition coefficient (Wildman–Crippen LogP) is -0.637. The van der Waals surface area contributed by atoms with E-state index >= 15 is 0 Å². The van der Waals surface area contributed by atoms with Crippen LogP contribution in [0.15, 0.2) is 0 Å². The molecule has 0 fully saturated rings. The van der Waals surface area contributed by atoms with E-state index in [0.29, 0.717) is 6.54 Å². The fraction of sp³-hybridized carbons (Fsp3) is 0.929. The Kier molecular flexibility index (Phi) is 14.2. The highest BCUT2D eigenvalue weighted by Crippen LogP contribution is 1.85. The molecule has 0 aliphatic heterocycles. The van der Waals surface area contributed by atoms with E-state index in [1.165, 1.54) is 12.8 Å². The zero-order chi connectivity index (χ0) is 15.1. The third-order valence-electron chi connectivity index (χ3n) is 3.00. The van der Waals surface area contributed by atoms with Crippen LogP contribution in [0.25, 0.3) is 0 Å². The molecule has 0 bridgehead atoms. The van der Waals surface area contributed by atoms with Crippen LogP contribution in [0.4, 0.5) is 0 Å². The van der Waals surface area contributed by atoms with Crippen LogP contribution in [-0.4, -0.2) is 70.7 Å². The molecule has 0 aliphatic rings. The first-order valence-corrected chi connectivity index (χ1v) is 7.71. The van der Waals surface area contributed by atoms with Gasteiger partial charge in [-0.05, 0) is 65.0 Å². The van der Waals surface area contributed by atoms with Crippen LogP contribution in [-0.2, 0) is 4.79 Å². The van der Waals surface area contributed by atoms with Crippen molar-refractivity contribution < 1.29 is 4.79 Å². The normalized spacial score (nSPS) is 10.8. The second-order valence-electron chi connectivity index (χ2n) is 5.17. The van der Waals surface area contributed by atoms with Gasteiger partial charge < -0.3 is 26.6 Å². The number of hydrogen-bond donors (Lipinski definition) is 4. The number of amides is 1. The van der Waals surface area contributed by atoms with Crippen LogP contribution in [0.1, 0.15) is 25.7 Å². The third-order valence-corrected chi connectivity index (χ3v) is 3.00. The number of nitrogens with two attached hydrogens (primary N) is 1. The monoisotopic (exact) mass is 287 g/mol. The number of carbonyl (C=O) groups is 1. The van der Waals surface area contributed by atoms with Crippen molar-refractivity contribution in [3.63, 3.8) is 0 Å². The van der Waals surface area contributed by atoms with Gasteiger partial charge in [0.05, 0.1) is 6.54 Å². The maximum absolute atomic E-state index is 11.3. The Bertz CT molecular complexity index is 224. The van der Waals surface area contributed by atoms with E-state index in [1.54, 1.807) is 19.0 Å². The molecule has 5 N–H and O–H groups in total. The molecule has 0 unspecified atom stereocenters. The molecule has 0 spiro atoms. The van der Waals surface area contributed by atoms with Crippen molar-refractivity contribution >= 4 is 5.91 Å². The minimum Gasteiger partial charge on any atom is -0.348 e. The molecule has 6 nitrogen and oxygen atoms in total. The average molecular weight is 287 g/mol. The SMILES string of the molecule is CN(C)C(=O)CNCCCNCCCCNCCCN. The van der Waals surface area contributed by atoms with Gasteiger partial charge in [0.2, 0.25) is 5.91 Å². The van der Waals surface area contributed by atoms with E-state index in [0.717, 1.165) is 52.1 Å². The highest BCUT2D eigenvalue weighted by Gasteiger charge is 2.01. The Morgan fingerprint density at radius 1 is 0.850 bits per heavy atom. The van der Waals surface area contributed by atoms with Gasteiger partial charge in [0, 0.05) is 14.1 Å². The van der Waals surface area contributed by atoms with Crippen molar-refractivity contribution in [2.24, 2.45) is 5.73 Å². The maximum Gasteiger partial charge on any atom is 0.236 e. The van der Waals surface area contributed by atoms with Gasteiger partial charge in [-0.25, -0.2) is 0 Å². The summed E-state index contributed by atoms with van der Waals surface area (Å²) < 4.78 is 0. The van der Waals surface area contributed by atoms with E-state index in [2.05, 4.69) is 16.0 Å².